The second-order valence-corrected chi connectivity index (χ2v) is 9.35. The van der Waals surface area contributed by atoms with Crippen molar-refractivity contribution in [2.24, 2.45) is 0 Å². The van der Waals surface area contributed by atoms with Gasteiger partial charge >= 0.3 is 0 Å². The molecule has 0 radical (unpaired) electrons. The molecule has 4 rings (SSSR count). The highest BCUT2D eigenvalue weighted by Gasteiger charge is 2.42. The number of hydrogen-bond donors (Lipinski definition) is 0. The molecular formula is C23H26N2O5S. The normalized spacial score (nSPS) is 21.4. The van der Waals surface area contributed by atoms with Crippen molar-refractivity contribution in [3.05, 3.63) is 84.4 Å². The van der Waals surface area contributed by atoms with Crippen LogP contribution in [-0.4, -0.2) is 43.1 Å². The Balaban J connectivity index is 1.41. The lowest BCUT2D eigenvalue weighted by Gasteiger charge is -2.28. The predicted molar refractivity (Wildman–Crippen MR) is 115 cm³/mol. The predicted octanol–water partition coefficient (Wildman–Crippen LogP) is 3.34. The standard InChI is InChI=1S/C23H26N2O5S/c1-19-7-9-22(10-8-19)31(26,27)29-16-21-15-28-23(30-21,17-25-14-13-24-18-25)12-11-20-5-3-2-4-6-20/h2-10,13-14,18,21H,11-12,15-17H2,1H3/t21-,23+/m1/s1. The van der Waals surface area contributed by atoms with Gasteiger partial charge in [0.25, 0.3) is 10.1 Å². The zero-order valence-electron chi connectivity index (χ0n) is 17.4. The zero-order valence-corrected chi connectivity index (χ0v) is 18.2. The van der Waals surface area contributed by atoms with Gasteiger partial charge in [0.15, 0.2) is 5.79 Å². The molecule has 0 spiro atoms. The van der Waals surface area contributed by atoms with Crippen LogP contribution in [0.4, 0.5) is 0 Å². The molecule has 1 aliphatic heterocycles. The van der Waals surface area contributed by atoms with E-state index in [2.05, 4.69) is 17.1 Å². The summed E-state index contributed by atoms with van der Waals surface area (Å²) in [6.45, 7) is 2.51. The Hall–Kier alpha value is -2.52. The Morgan fingerprint density at radius 3 is 2.65 bits per heavy atom. The van der Waals surface area contributed by atoms with Crippen LogP contribution in [-0.2, 0) is 36.7 Å². The van der Waals surface area contributed by atoms with Gasteiger partial charge in [-0.1, -0.05) is 48.0 Å². The molecular weight excluding hydrogens is 416 g/mol. The lowest BCUT2D eigenvalue weighted by Crippen LogP contribution is -2.37. The quantitative estimate of drug-likeness (QED) is 0.473. The van der Waals surface area contributed by atoms with Crippen LogP contribution in [0.2, 0.25) is 0 Å². The van der Waals surface area contributed by atoms with Gasteiger partial charge in [-0.25, -0.2) is 4.98 Å². The highest BCUT2D eigenvalue weighted by atomic mass is 32.2. The molecule has 0 bridgehead atoms. The van der Waals surface area contributed by atoms with Crippen molar-refractivity contribution in [1.82, 2.24) is 9.55 Å². The largest absolute Gasteiger partial charge is 0.345 e. The minimum Gasteiger partial charge on any atom is -0.345 e. The maximum atomic E-state index is 12.5. The smallest absolute Gasteiger partial charge is 0.297 e. The summed E-state index contributed by atoms with van der Waals surface area (Å²) in [6, 6.07) is 16.7. The van der Waals surface area contributed by atoms with E-state index in [0.717, 1.165) is 12.0 Å². The number of nitrogens with zero attached hydrogens (tertiary/aromatic N) is 2. The second kappa shape index (κ2) is 9.32. The summed E-state index contributed by atoms with van der Waals surface area (Å²) in [4.78, 5) is 4.22. The summed E-state index contributed by atoms with van der Waals surface area (Å²) in [5, 5.41) is 0. The first-order valence-electron chi connectivity index (χ1n) is 10.2. The Labute approximate surface area is 182 Å². The lowest BCUT2D eigenvalue weighted by molar-refractivity contribution is -0.184. The van der Waals surface area contributed by atoms with Crippen molar-refractivity contribution >= 4 is 10.1 Å². The van der Waals surface area contributed by atoms with E-state index in [0.29, 0.717) is 13.0 Å². The Morgan fingerprint density at radius 1 is 1.16 bits per heavy atom. The summed E-state index contributed by atoms with van der Waals surface area (Å²) in [5.41, 5.74) is 2.16. The topological polar surface area (TPSA) is 79.7 Å². The van der Waals surface area contributed by atoms with Gasteiger partial charge in [-0.15, -0.1) is 0 Å². The average molecular weight is 443 g/mol. The molecule has 1 aromatic heterocycles. The summed E-state index contributed by atoms with van der Waals surface area (Å²) in [6.07, 6.45) is 6.17. The van der Waals surface area contributed by atoms with Crippen molar-refractivity contribution in [2.75, 3.05) is 13.2 Å². The molecule has 1 fully saturated rings. The monoisotopic (exact) mass is 442 g/mol. The highest BCUT2D eigenvalue weighted by molar-refractivity contribution is 7.86. The molecule has 1 aliphatic rings. The maximum Gasteiger partial charge on any atom is 0.297 e. The minimum atomic E-state index is -3.86. The number of benzene rings is 2. The molecule has 0 unspecified atom stereocenters. The molecule has 2 aromatic carbocycles. The number of imidazole rings is 1. The molecule has 1 saturated heterocycles. The van der Waals surface area contributed by atoms with Gasteiger partial charge < -0.3 is 14.0 Å². The summed E-state index contributed by atoms with van der Waals surface area (Å²) >= 11 is 0. The molecule has 0 amide bonds. The van der Waals surface area contributed by atoms with Crippen LogP contribution in [0.5, 0.6) is 0 Å². The van der Waals surface area contributed by atoms with E-state index in [9.17, 15) is 8.42 Å². The molecule has 3 aromatic rings. The third-order valence-electron chi connectivity index (χ3n) is 5.25. The molecule has 2 atom stereocenters. The second-order valence-electron chi connectivity index (χ2n) is 7.73. The van der Waals surface area contributed by atoms with Crippen LogP contribution in [0.1, 0.15) is 17.5 Å². The summed E-state index contributed by atoms with van der Waals surface area (Å²) in [5.74, 6) is -0.877. The SMILES string of the molecule is Cc1ccc(S(=O)(=O)OC[C@H]2CO[C@](CCc3ccccc3)(Cn3ccnc3)O2)cc1. The van der Waals surface area contributed by atoms with Crippen LogP contribution in [0.15, 0.2) is 78.2 Å². The number of hydrogen-bond acceptors (Lipinski definition) is 6. The molecule has 0 aliphatic carbocycles. The van der Waals surface area contributed by atoms with Crippen molar-refractivity contribution in [1.29, 1.82) is 0 Å². The fraction of sp³-hybridized carbons (Fsp3) is 0.348. The van der Waals surface area contributed by atoms with Crippen LogP contribution < -0.4 is 0 Å². The van der Waals surface area contributed by atoms with Crippen molar-refractivity contribution in [3.63, 3.8) is 0 Å². The third-order valence-corrected chi connectivity index (χ3v) is 6.55. The van der Waals surface area contributed by atoms with Crippen LogP contribution >= 0.6 is 0 Å². The van der Waals surface area contributed by atoms with Gasteiger partial charge in [-0.2, -0.15) is 8.42 Å². The van der Waals surface area contributed by atoms with Crippen LogP contribution in [0, 0.1) is 6.92 Å². The summed E-state index contributed by atoms with van der Waals surface area (Å²) < 4.78 is 44.5. The molecule has 0 saturated carbocycles. The van der Waals surface area contributed by atoms with Gasteiger partial charge in [-0.3, -0.25) is 4.18 Å². The molecule has 31 heavy (non-hydrogen) atoms. The van der Waals surface area contributed by atoms with E-state index in [1.807, 2.05) is 35.9 Å². The molecule has 7 nitrogen and oxygen atoms in total. The Kier molecular flexibility index (Phi) is 6.52. The molecule has 164 valence electrons. The molecule has 8 heteroatoms. The minimum absolute atomic E-state index is 0.104. The fourth-order valence-corrected chi connectivity index (χ4v) is 4.50. The first-order valence-corrected chi connectivity index (χ1v) is 11.6. The Bertz CT molecular complexity index is 1070. The van der Waals surface area contributed by atoms with E-state index in [1.54, 1.807) is 36.8 Å². The van der Waals surface area contributed by atoms with Gasteiger partial charge in [-0.05, 0) is 31.0 Å². The van der Waals surface area contributed by atoms with Gasteiger partial charge in [0.1, 0.15) is 6.10 Å². The molecule has 2 heterocycles. The van der Waals surface area contributed by atoms with Gasteiger partial charge in [0.2, 0.25) is 0 Å². The maximum absolute atomic E-state index is 12.5. The van der Waals surface area contributed by atoms with E-state index in [1.165, 1.54) is 5.56 Å². The first-order chi connectivity index (χ1) is 14.9. The van der Waals surface area contributed by atoms with E-state index in [4.69, 9.17) is 13.7 Å². The lowest BCUT2D eigenvalue weighted by atomic mass is 10.0. The van der Waals surface area contributed by atoms with Crippen molar-refractivity contribution < 1.29 is 22.1 Å². The van der Waals surface area contributed by atoms with Crippen LogP contribution in [0.25, 0.3) is 0 Å². The van der Waals surface area contributed by atoms with Crippen molar-refractivity contribution in [3.8, 4) is 0 Å². The van der Waals surface area contributed by atoms with E-state index >= 15 is 0 Å². The highest BCUT2D eigenvalue weighted by Crippen LogP contribution is 2.31. The number of aryl methyl sites for hydroxylation is 2. The van der Waals surface area contributed by atoms with Crippen LogP contribution in [0.3, 0.4) is 0 Å². The number of ether oxygens (including phenoxy) is 2. The van der Waals surface area contributed by atoms with E-state index in [-0.39, 0.29) is 18.1 Å². The first kappa shape index (κ1) is 21.7. The number of aromatic nitrogens is 2. The third kappa shape index (κ3) is 5.59. The Morgan fingerprint density at radius 2 is 1.94 bits per heavy atom. The van der Waals surface area contributed by atoms with Gasteiger partial charge in [0, 0.05) is 18.8 Å². The number of rotatable bonds is 9. The average Bonchev–Trinajstić information content (AvgIpc) is 3.43. The van der Waals surface area contributed by atoms with E-state index < -0.39 is 22.0 Å². The fourth-order valence-electron chi connectivity index (χ4n) is 3.57. The zero-order chi connectivity index (χ0) is 21.7. The molecule has 0 N–H and O–H groups in total. The van der Waals surface area contributed by atoms with Gasteiger partial charge in [0.05, 0.1) is 31.0 Å². The van der Waals surface area contributed by atoms with Crippen molar-refractivity contribution in [2.45, 2.75) is 43.1 Å². The summed E-state index contributed by atoms with van der Waals surface area (Å²) in [7, 11) is -3.86.